The van der Waals surface area contributed by atoms with Crippen LogP contribution in [0.25, 0.3) is 0 Å². The number of aromatic nitrogens is 2. The van der Waals surface area contributed by atoms with Crippen LogP contribution < -0.4 is 5.73 Å². The smallest absolute Gasteiger partial charge is 0.257 e. The number of nitrogens with zero attached hydrogens (tertiary/aromatic N) is 2. The minimum absolute atomic E-state index is 0.0569. The second-order valence-corrected chi connectivity index (χ2v) is 4.29. The van der Waals surface area contributed by atoms with Crippen molar-refractivity contribution in [2.75, 3.05) is 13.1 Å². The number of likely N-dealkylation sites (tertiary alicyclic amines) is 1. The summed E-state index contributed by atoms with van der Waals surface area (Å²) in [6.07, 6.45) is 4.84. The van der Waals surface area contributed by atoms with Crippen molar-refractivity contribution >= 4 is 5.91 Å². The molecule has 88 valence electrons. The zero-order chi connectivity index (χ0) is 11.5. The number of amides is 1. The summed E-state index contributed by atoms with van der Waals surface area (Å²) in [5.41, 5.74) is 7.20. The summed E-state index contributed by atoms with van der Waals surface area (Å²) >= 11 is 0. The van der Waals surface area contributed by atoms with Crippen LogP contribution in [0, 0.1) is 6.92 Å². The highest BCUT2D eigenvalue weighted by molar-refractivity contribution is 5.95. The van der Waals surface area contributed by atoms with Gasteiger partial charge in [0.25, 0.3) is 5.91 Å². The van der Waals surface area contributed by atoms with Crippen LogP contribution in [0.1, 0.15) is 35.3 Å². The molecular formula is C11H18N4O. The number of hydrogen-bond acceptors (Lipinski definition) is 3. The van der Waals surface area contributed by atoms with Gasteiger partial charge in [-0.2, -0.15) is 5.10 Å². The SMILES string of the molecule is Cc1[nH]ncc1C(=O)N1CCCCC1CN. The predicted molar refractivity (Wildman–Crippen MR) is 61.1 cm³/mol. The van der Waals surface area contributed by atoms with E-state index in [9.17, 15) is 4.79 Å². The first-order valence-electron chi connectivity index (χ1n) is 5.75. The summed E-state index contributed by atoms with van der Waals surface area (Å²) in [7, 11) is 0. The molecule has 1 saturated heterocycles. The summed E-state index contributed by atoms with van der Waals surface area (Å²) in [6, 6.07) is 0.190. The van der Waals surface area contributed by atoms with E-state index in [1.54, 1.807) is 6.20 Å². The van der Waals surface area contributed by atoms with E-state index in [2.05, 4.69) is 10.2 Å². The molecule has 1 atom stereocenters. The minimum Gasteiger partial charge on any atom is -0.334 e. The van der Waals surface area contributed by atoms with Crippen LogP contribution in [0.3, 0.4) is 0 Å². The van der Waals surface area contributed by atoms with Crippen molar-refractivity contribution < 1.29 is 4.79 Å². The highest BCUT2D eigenvalue weighted by Crippen LogP contribution is 2.19. The van der Waals surface area contributed by atoms with Crippen molar-refractivity contribution in [1.82, 2.24) is 15.1 Å². The number of piperidine rings is 1. The Hall–Kier alpha value is -1.36. The zero-order valence-electron chi connectivity index (χ0n) is 9.57. The van der Waals surface area contributed by atoms with E-state index in [4.69, 9.17) is 5.73 Å². The van der Waals surface area contributed by atoms with E-state index < -0.39 is 0 Å². The molecule has 5 nitrogen and oxygen atoms in total. The van der Waals surface area contributed by atoms with Crippen molar-refractivity contribution in [2.45, 2.75) is 32.2 Å². The number of rotatable bonds is 2. The maximum atomic E-state index is 12.3. The van der Waals surface area contributed by atoms with Gasteiger partial charge in [0, 0.05) is 24.8 Å². The summed E-state index contributed by atoms with van der Waals surface area (Å²) in [5, 5.41) is 6.68. The van der Waals surface area contributed by atoms with Crippen molar-refractivity contribution in [3.05, 3.63) is 17.5 Å². The molecule has 2 heterocycles. The Morgan fingerprint density at radius 1 is 1.69 bits per heavy atom. The Balaban J connectivity index is 2.17. The van der Waals surface area contributed by atoms with Gasteiger partial charge >= 0.3 is 0 Å². The minimum atomic E-state index is 0.0569. The Morgan fingerprint density at radius 3 is 3.12 bits per heavy atom. The molecule has 1 aromatic rings. The number of carbonyl (C=O) groups is 1. The van der Waals surface area contributed by atoms with Crippen LogP contribution in [0.5, 0.6) is 0 Å². The Bertz CT molecular complexity index is 374. The first-order chi connectivity index (χ1) is 7.74. The summed E-state index contributed by atoms with van der Waals surface area (Å²) in [4.78, 5) is 14.2. The molecule has 0 spiro atoms. The van der Waals surface area contributed by atoms with E-state index in [0.717, 1.165) is 31.5 Å². The van der Waals surface area contributed by atoms with Crippen LogP contribution in [0.4, 0.5) is 0 Å². The van der Waals surface area contributed by atoms with Gasteiger partial charge in [0.15, 0.2) is 0 Å². The second kappa shape index (κ2) is 4.65. The van der Waals surface area contributed by atoms with Gasteiger partial charge in [-0.25, -0.2) is 0 Å². The molecule has 2 rings (SSSR count). The lowest BCUT2D eigenvalue weighted by atomic mass is 10.0. The monoisotopic (exact) mass is 222 g/mol. The van der Waals surface area contributed by atoms with Crippen molar-refractivity contribution in [3.8, 4) is 0 Å². The third kappa shape index (κ3) is 1.95. The molecule has 0 aromatic carbocycles. The topological polar surface area (TPSA) is 75.0 Å². The summed E-state index contributed by atoms with van der Waals surface area (Å²) in [5.74, 6) is 0.0569. The number of hydrogen-bond donors (Lipinski definition) is 2. The Morgan fingerprint density at radius 2 is 2.50 bits per heavy atom. The number of nitrogens with two attached hydrogens (primary N) is 1. The maximum absolute atomic E-state index is 12.3. The van der Waals surface area contributed by atoms with Crippen molar-refractivity contribution in [3.63, 3.8) is 0 Å². The molecule has 0 aliphatic carbocycles. The van der Waals surface area contributed by atoms with Crippen LogP contribution in [-0.4, -0.2) is 40.1 Å². The summed E-state index contributed by atoms with van der Waals surface area (Å²) < 4.78 is 0. The molecule has 1 unspecified atom stereocenters. The van der Waals surface area contributed by atoms with Gasteiger partial charge in [-0.05, 0) is 26.2 Å². The third-order valence-corrected chi connectivity index (χ3v) is 3.22. The van der Waals surface area contributed by atoms with Gasteiger partial charge in [0.05, 0.1) is 11.8 Å². The second-order valence-electron chi connectivity index (χ2n) is 4.29. The van der Waals surface area contributed by atoms with Crippen LogP contribution in [0.15, 0.2) is 6.20 Å². The number of aryl methyl sites for hydroxylation is 1. The molecule has 5 heteroatoms. The predicted octanol–water partition coefficient (Wildman–Crippen LogP) is 0.672. The van der Waals surface area contributed by atoms with Crippen molar-refractivity contribution in [1.29, 1.82) is 0 Å². The van der Waals surface area contributed by atoms with Gasteiger partial charge in [0.1, 0.15) is 0 Å². The Kier molecular flexibility index (Phi) is 3.24. The largest absolute Gasteiger partial charge is 0.334 e. The van der Waals surface area contributed by atoms with Gasteiger partial charge in [-0.15, -0.1) is 0 Å². The lowest BCUT2D eigenvalue weighted by molar-refractivity contribution is 0.0622. The molecule has 1 amide bonds. The first-order valence-corrected chi connectivity index (χ1v) is 5.75. The van der Waals surface area contributed by atoms with Crippen molar-refractivity contribution in [2.24, 2.45) is 5.73 Å². The molecule has 1 aromatic heterocycles. The van der Waals surface area contributed by atoms with E-state index in [1.165, 1.54) is 0 Å². The van der Waals surface area contributed by atoms with Crippen LogP contribution >= 0.6 is 0 Å². The first kappa shape index (κ1) is 11.1. The number of H-pyrrole nitrogens is 1. The standard InChI is InChI=1S/C11H18N4O/c1-8-10(7-13-14-8)11(16)15-5-3-2-4-9(15)6-12/h7,9H,2-6,12H2,1H3,(H,13,14). The van der Waals surface area contributed by atoms with Gasteiger partial charge < -0.3 is 10.6 Å². The highest BCUT2D eigenvalue weighted by Gasteiger charge is 2.27. The molecule has 0 bridgehead atoms. The zero-order valence-corrected chi connectivity index (χ0v) is 9.57. The molecule has 0 saturated carbocycles. The fourth-order valence-corrected chi connectivity index (χ4v) is 2.23. The molecule has 16 heavy (non-hydrogen) atoms. The quantitative estimate of drug-likeness (QED) is 0.772. The molecule has 1 aliphatic heterocycles. The van der Waals surface area contributed by atoms with E-state index in [0.29, 0.717) is 12.1 Å². The molecule has 1 fully saturated rings. The fraction of sp³-hybridized carbons (Fsp3) is 0.636. The maximum Gasteiger partial charge on any atom is 0.257 e. The number of carbonyl (C=O) groups excluding carboxylic acids is 1. The van der Waals surface area contributed by atoms with Gasteiger partial charge in [-0.1, -0.05) is 0 Å². The average molecular weight is 222 g/mol. The third-order valence-electron chi connectivity index (χ3n) is 3.22. The van der Waals surface area contributed by atoms with Gasteiger partial charge in [-0.3, -0.25) is 9.89 Å². The van der Waals surface area contributed by atoms with E-state index >= 15 is 0 Å². The molecule has 1 aliphatic rings. The molecular weight excluding hydrogens is 204 g/mol. The van der Waals surface area contributed by atoms with Crippen LogP contribution in [0.2, 0.25) is 0 Å². The molecule has 0 radical (unpaired) electrons. The van der Waals surface area contributed by atoms with Gasteiger partial charge in [0.2, 0.25) is 0 Å². The van der Waals surface area contributed by atoms with E-state index in [1.807, 2.05) is 11.8 Å². The lowest BCUT2D eigenvalue weighted by Gasteiger charge is -2.34. The number of aromatic amines is 1. The summed E-state index contributed by atoms with van der Waals surface area (Å²) in [6.45, 7) is 3.22. The van der Waals surface area contributed by atoms with E-state index in [-0.39, 0.29) is 11.9 Å². The normalized spacial score (nSPS) is 21.1. The molecule has 3 N–H and O–H groups in total. The Labute approximate surface area is 95.0 Å². The fourth-order valence-electron chi connectivity index (χ4n) is 2.23. The number of nitrogens with one attached hydrogen (secondary N) is 1. The average Bonchev–Trinajstić information content (AvgIpc) is 2.74. The lowest BCUT2D eigenvalue weighted by Crippen LogP contribution is -2.47. The van der Waals surface area contributed by atoms with Crippen LogP contribution in [-0.2, 0) is 0 Å². The highest BCUT2D eigenvalue weighted by atomic mass is 16.2.